The Kier molecular flexibility index (Phi) is 6.37. The van der Waals surface area contributed by atoms with Gasteiger partial charge in [0.2, 0.25) is 10.0 Å². The van der Waals surface area contributed by atoms with E-state index in [-0.39, 0.29) is 10.9 Å². The summed E-state index contributed by atoms with van der Waals surface area (Å²) in [7, 11) is -1.89. The van der Waals surface area contributed by atoms with Crippen LogP contribution in [0.4, 0.5) is 5.69 Å². The Morgan fingerprint density at radius 3 is 2.55 bits per heavy atom. The summed E-state index contributed by atoms with van der Waals surface area (Å²) in [6, 6.07) is 3.25. The molecule has 7 heteroatoms. The van der Waals surface area contributed by atoms with E-state index in [1.54, 1.807) is 31.8 Å². The lowest BCUT2D eigenvalue weighted by Crippen LogP contribution is -2.38. The fourth-order valence-electron chi connectivity index (χ4n) is 1.97. The van der Waals surface area contributed by atoms with Crippen LogP contribution in [0.25, 0.3) is 0 Å². The molecule has 0 heterocycles. The van der Waals surface area contributed by atoms with Crippen molar-refractivity contribution < 1.29 is 8.42 Å². The Balaban J connectivity index is 3.26. The lowest BCUT2D eigenvalue weighted by molar-refractivity contribution is 0.385. The molecule has 0 aromatic heterocycles. The molecule has 1 aromatic rings. The lowest BCUT2D eigenvalue weighted by atomic mass is 10.2. The minimum Gasteiger partial charge on any atom is -0.398 e. The predicted octanol–water partition coefficient (Wildman–Crippen LogP) is 3.10. The maximum absolute atomic E-state index is 12.7. The van der Waals surface area contributed by atoms with Gasteiger partial charge in [0.05, 0.1) is 4.90 Å². The van der Waals surface area contributed by atoms with Crippen LogP contribution in [0, 0.1) is 6.92 Å². The van der Waals surface area contributed by atoms with Crippen LogP contribution in [0.2, 0.25) is 0 Å². The number of benzene rings is 1. The molecule has 1 aromatic carbocycles. The van der Waals surface area contributed by atoms with Crippen LogP contribution < -0.4 is 5.73 Å². The summed E-state index contributed by atoms with van der Waals surface area (Å²) in [6.07, 6.45) is 2.76. The van der Waals surface area contributed by atoms with Gasteiger partial charge in [0.15, 0.2) is 0 Å². The summed E-state index contributed by atoms with van der Waals surface area (Å²) >= 11 is 4.96. The highest BCUT2D eigenvalue weighted by molar-refractivity contribution is 9.10. The molecule has 114 valence electrons. The molecular formula is C13H21BrN2O2S2. The van der Waals surface area contributed by atoms with Crippen molar-refractivity contribution in [2.45, 2.75) is 31.2 Å². The molecule has 1 rings (SSSR count). The molecule has 0 aliphatic heterocycles. The van der Waals surface area contributed by atoms with Crippen molar-refractivity contribution in [3.8, 4) is 0 Å². The number of thioether (sulfide) groups is 1. The van der Waals surface area contributed by atoms with E-state index >= 15 is 0 Å². The van der Waals surface area contributed by atoms with Gasteiger partial charge in [-0.15, -0.1) is 0 Å². The summed E-state index contributed by atoms with van der Waals surface area (Å²) in [4.78, 5) is 0.278. The third kappa shape index (κ3) is 3.69. The highest BCUT2D eigenvalue weighted by Crippen LogP contribution is 2.29. The van der Waals surface area contributed by atoms with Gasteiger partial charge in [-0.05, 0) is 53.2 Å². The van der Waals surface area contributed by atoms with Gasteiger partial charge in [0.1, 0.15) is 0 Å². The molecule has 0 radical (unpaired) electrons. The first-order valence-electron chi connectivity index (χ1n) is 6.28. The molecule has 0 spiro atoms. The van der Waals surface area contributed by atoms with Crippen LogP contribution in [0.5, 0.6) is 0 Å². The third-order valence-corrected chi connectivity index (χ3v) is 6.75. The van der Waals surface area contributed by atoms with Gasteiger partial charge < -0.3 is 5.73 Å². The molecule has 1 unspecified atom stereocenters. The number of nitrogens with two attached hydrogens (primary N) is 1. The molecule has 0 aliphatic carbocycles. The third-order valence-electron chi connectivity index (χ3n) is 3.30. The van der Waals surface area contributed by atoms with Crippen molar-refractivity contribution in [3.63, 3.8) is 0 Å². The number of rotatable bonds is 6. The van der Waals surface area contributed by atoms with E-state index in [1.165, 1.54) is 10.4 Å². The average Bonchev–Trinajstić information content (AvgIpc) is 2.39. The fraction of sp³-hybridized carbons (Fsp3) is 0.538. The van der Waals surface area contributed by atoms with Gasteiger partial charge in [0.25, 0.3) is 0 Å². The number of nitrogen functional groups attached to an aromatic ring is 1. The normalized spacial score (nSPS) is 13.7. The SMILES string of the molecule is CCC(CSC)N(C)S(=O)(=O)c1cc(N)c(Br)cc1C. The highest BCUT2D eigenvalue weighted by Gasteiger charge is 2.28. The summed E-state index contributed by atoms with van der Waals surface area (Å²) in [5.74, 6) is 0.775. The first-order chi connectivity index (χ1) is 9.25. The molecule has 0 bridgehead atoms. The number of sulfonamides is 1. The maximum Gasteiger partial charge on any atom is 0.243 e. The van der Waals surface area contributed by atoms with Crippen LogP contribution in [-0.4, -0.2) is 37.8 Å². The number of aryl methyl sites for hydroxylation is 1. The van der Waals surface area contributed by atoms with Crippen LogP contribution in [-0.2, 0) is 10.0 Å². The molecule has 2 N–H and O–H groups in total. The van der Waals surface area contributed by atoms with Crippen molar-refractivity contribution in [2.75, 3.05) is 24.8 Å². The van der Waals surface area contributed by atoms with Crippen molar-refractivity contribution in [2.24, 2.45) is 0 Å². The van der Waals surface area contributed by atoms with Gasteiger partial charge in [-0.3, -0.25) is 0 Å². The quantitative estimate of drug-likeness (QED) is 0.770. The molecule has 0 aliphatic rings. The first kappa shape index (κ1) is 17.8. The van der Waals surface area contributed by atoms with Gasteiger partial charge >= 0.3 is 0 Å². The summed E-state index contributed by atoms with van der Waals surface area (Å²) in [5.41, 5.74) is 6.94. The second kappa shape index (κ2) is 7.15. The Hall–Kier alpha value is -0.240. The molecule has 4 nitrogen and oxygen atoms in total. The molecular weight excluding hydrogens is 360 g/mol. The van der Waals surface area contributed by atoms with E-state index < -0.39 is 10.0 Å². The summed E-state index contributed by atoms with van der Waals surface area (Å²) < 4.78 is 27.6. The largest absolute Gasteiger partial charge is 0.398 e. The van der Waals surface area contributed by atoms with E-state index in [4.69, 9.17) is 5.73 Å². The lowest BCUT2D eigenvalue weighted by Gasteiger charge is -2.27. The zero-order valence-corrected chi connectivity index (χ0v) is 15.4. The van der Waals surface area contributed by atoms with Crippen molar-refractivity contribution in [3.05, 3.63) is 22.2 Å². The van der Waals surface area contributed by atoms with E-state index in [0.29, 0.717) is 15.7 Å². The first-order valence-corrected chi connectivity index (χ1v) is 9.91. The molecule has 1 atom stereocenters. The smallest absolute Gasteiger partial charge is 0.243 e. The topological polar surface area (TPSA) is 63.4 Å². The van der Waals surface area contributed by atoms with E-state index in [0.717, 1.165) is 12.2 Å². The Morgan fingerprint density at radius 2 is 2.05 bits per heavy atom. The monoisotopic (exact) mass is 380 g/mol. The average molecular weight is 381 g/mol. The van der Waals surface area contributed by atoms with E-state index in [1.807, 2.05) is 13.2 Å². The molecule has 0 saturated carbocycles. The molecule has 0 fully saturated rings. The Bertz CT molecular complexity index is 576. The van der Waals surface area contributed by atoms with Crippen LogP contribution in [0.1, 0.15) is 18.9 Å². The van der Waals surface area contributed by atoms with Crippen molar-refractivity contribution in [1.29, 1.82) is 0 Å². The number of anilines is 1. The second-order valence-corrected chi connectivity index (χ2v) is 8.41. The van der Waals surface area contributed by atoms with Crippen LogP contribution >= 0.6 is 27.7 Å². The standard InChI is InChI=1S/C13H21BrN2O2S2/c1-5-10(8-19-4)16(3)20(17,18)13-7-12(15)11(14)6-9(13)2/h6-7,10H,5,8,15H2,1-4H3. The highest BCUT2D eigenvalue weighted by atomic mass is 79.9. The molecule has 20 heavy (non-hydrogen) atoms. The van der Waals surface area contributed by atoms with Crippen molar-refractivity contribution >= 4 is 43.4 Å². The second-order valence-electron chi connectivity index (χ2n) is 4.68. The number of nitrogens with zero attached hydrogens (tertiary/aromatic N) is 1. The van der Waals surface area contributed by atoms with E-state index in [9.17, 15) is 8.42 Å². The number of hydrogen-bond donors (Lipinski definition) is 1. The number of halogens is 1. The Morgan fingerprint density at radius 1 is 1.45 bits per heavy atom. The maximum atomic E-state index is 12.7. The van der Waals surface area contributed by atoms with Gasteiger partial charge in [-0.25, -0.2) is 8.42 Å². The van der Waals surface area contributed by atoms with Gasteiger partial charge in [-0.2, -0.15) is 16.1 Å². The minimum atomic E-state index is -3.52. The van der Waals surface area contributed by atoms with Crippen LogP contribution in [0.3, 0.4) is 0 Å². The zero-order chi connectivity index (χ0) is 15.5. The molecule has 0 saturated heterocycles. The fourth-order valence-corrected chi connectivity index (χ4v) is 5.03. The minimum absolute atomic E-state index is 0.0146. The zero-order valence-electron chi connectivity index (χ0n) is 12.2. The van der Waals surface area contributed by atoms with Crippen molar-refractivity contribution in [1.82, 2.24) is 4.31 Å². The summed E-state index contributed by atoms with van der Waals surface area (Å²) in [6.45, 7) is 3.77. The number of hydrogen-bond acceptors (Lipinski definition) is 4. The Labute approximate surface area is 134 Å². The predicted molar refractivity (Wildman–Crippen MR) is 90.7 cm³/mol. The summed E-state index contributed by atoms with van der Waals surface area (Å²) in [5, 5.41) is 0. The van der Waals surface area contributed by atoms with E-state index in [2.05, 4.69) is 15.9 Å². The van der Waals surface area contributed by atoms with Crippen LogP contribution in [0.15, 0.2) is 21.5 Å². The van der Waals surface area contributed by atoms with Gasteiger partial charge in [0, 0.05) is 29.0 Å². The molecule has 0 amide bonds. The van der Waals surface area contributed by atoms with Gasteiger partial charge in [-0.1, -0.05) is 6.92 Å².